The number of nitrogens with one attached hydrogen (secondary N) is 1. The van der Waals surface area contributed by atoms with Crippen LogP contribution in [0.15, 0.2) is 24.5 Å². The fourth-order valence-corrected chi connectivity index (χ4v) is 8.50. The third-order valence-corrected chi connectivity index (χ3v) is 10.7. The van der Waals surface area contributed by atoms with Crippen molar-refractivity contribution in [1.29, 1.82) is 0 Å². The fourth-order valence-electron chi connectivity index (χ4n) is 7.17. The third-order valence-electron chi connectivity index (χ3n) is 9.32. The van der Waals surface area contributed by atoms with Gasteiger partial charge in [0, 0.05) is 53.0 Å². The number of carbonyl (C=O) groups excluding carboxylic acids is 2. The monoisotopic (exact) mass is 533 g/mol. The van der Waals surface area contributed by atoms with Crippen molar-refractivity contribution in [2.75, 3.05) is 18.0 Å². The number of fused-ring (bicyclic) bond motifs is 4. The van der Waals surface area contributed by atoms with Crippen LogP contribution in [0.25, 0.3) is 21.5 Å². The summed E-state index contributed by atoms with van der Waals surface area (Å²) in [4.78, 5) is 38.8. The molecule has 1 N–H and O–H groups in total. The third kappa shape index (κ3) is 3.48. The van der Waals surface area contributed by atoms with E-state index < -0.39 is 0 Å². The summed E-state index contributed by atoms with van der Waals surface area (Å²) in [6.45, 7) is 2.43. The van der Waals surface area contributed by atoms with E-state index in [0.29, 0.717) is 42.8 Å². The van der Waals surface area contributed by atoms with E-state index in [-0.39, 0.29) is 11.8 Å². The molecular formula is C28H28ClN5O2S. The van der Waals surface area contributed by atoms with Crippen molar-refractivity contribution in [1.82, 2.24) is 20.2 Å². The SMILES string of the molecule is O=C1CCC(=O)N1Cc1cc2ncnc(-c3cc(Cl)cc4c3N([C@@H]3CNC5(CCC5)C3)C[C@H]3C[C@@H]43)c2s1. The second-order valence-electron chi connectivity index (χ2n) is 11.5. The van der Waals surface area contributed by atoms with E-state index in [1.54, 1.807) is 17.7 Å². The highest BCUT2D eigenvalue weighted by molar-refractivity contribution is 7.19. The zero-order valence-electron chi connectivity index (χ0n) is 20.5. The summed E-state index contributed by atoms with van der Waals surface area (Å²) in [7, 11) is 0. The number of carbonyl (C=O) groups is 2. The van der Waals surface area contributed by atoms with Crippen LogP contribution in [-0.4, -0.2) is 51.4 Å². The molecule has 3 aromatic rings. The summed E-state index contributed by atoms with van der Waals surface area (Å²) in [6.07, 6.45) is 8.57. The minimum atomic E-state index is -0.0956. The van der Waals surface area contributed by atoms with Gasteiger partial charge in [-0.25, -0.2) is 9.97 Å². The largest absolute Gasteiger partial charge is 0.366 e. The van der Waals surface area contributed by atoms with Crippen LogP contribution >= 0.6 is 22.9 Å². The molecule has 5 heterocycles. The topological polar surface area (TPSA) is 78.4 Å². The van der Waals surface area contributed by atoms with Gasteiger partial charge in [-0.2, -0.15) is 0 Å². The Hall–Kier alpha value is -2.55. The molecule has 8 rings (SSSR count). The molecule has 0 radical (unpaired) electrons. The summed E-state index contributed by atoms with van der Waals surface area (Å²) in [6, 6.07) is 6.73. The molecule has 3 aliphatic heterocycles. The van der Waals surface area contributed by atoms with Crippen molar-refractivity contribution < 1.29 is 9.59 Å². The summed E-state index contributed by atoms with van der Waals surface area (Å²) in [5.74, 6) is 1.11. The Kier molecular flexibility index (Phi) is 4.84. The van der Waals surface area contributed by atoms with Crippen LogP contribution in [-0.2, 0) is 16.1 Å². The van der Waals surface area contributed by atoms with E-state index in [2.05, 4.69) is 27.3 Å². The average Bonchev–Trinajstić information content (AvgIpc) is 3.18. The molecule has 2 amide bonds. The van der Waals surface area contributed by atoms with Crippen molar-refractivity contribution in [3.8, 4) is 11.3 Å². The number of hydrogen-bond donors (Lipinski definition) is 1. The minimum absolute atomic E-state index is 0.0956. The zero-order chi connectivity index (χ0) is 24.9. The number of likely N-dealkylation sites (tertiary alicyclic amines) is 1. The molecule has 37 heavy (non-hydrogen) atoms. The van der Waals surface area contributed by atoms with Crippen LogP contribution < -0.4 is 10.2 Å². The van der Waals surface area contributed by atoms with E-state index in [9.17, 15) is 9.59 Å². The molecule has 7 nitrogen and oxygen atoms in total. The first-order valence-electron chi connectivity index (χ1n) is 13.4. The van der Waals surface area contributed by atoms with E-state index in [0.717, 1.165) is 44.5 Å². The van der Waals surface area contributed by atoms with E-state index in [1.807, 2.05) is 6.07 Å². The number of amides is 2. The Morgan fingerprint density at radius 1 is 1.14 bits per heavy atom. The molecule has 2 saturated heterocycles. The fraction of sp³-hybridized carbons (Fsp3) is 0.500. The van der Waals surface area contributed by atoms with Gasteiger partial charge in [-0.05, 0) is 67.7 Å². The minimum Gasteiger partial charge on any atom is -0.366 e. The summed E-state index contributed by atoms with van der Waals surface area (Å²) in [5, 5.41) is 4.62. The number of thiophene rings is 1. The van der Waals surface area contributed by atoms with Gasteiger partial charge in [0.2, 0.25) is 11.8 Å². The molecule has 3 atom stereocenters. The lowest BCUT2D eigenvalue weighted by Crippen LogP contribution is -2.46. The van der Waals surface area contributed by atoms with Gasteiger partial charge in [0.25, 0.3) is 0 Å². The maximum Gasteiger partial charge on any atom is 0.230 e. The van der Waals surface area contributed by atoms with Crippen molar-refractivity contribution >= 4 is 50.7 Å². The van der Waals surface area contributed by atoms with Crippen LogP contribution in [0.5, 0.6) is 0 Å². The predicted molar refractivity (Wildman–Crippen MR) is 144 cm³/mol. The Labute approximate surface area is 224 Å². The number of imide groups is 1. The Morgan fingerprint density at radius 2 is 1.97 bits per heavy atom. The van der Waals surface area contributed by atoms with Crippen molar-refractivity contribution in [3.05, 3.63) is 40.0 Å². The van der Waals surface area contributed by atoms with Crippen LogP contribution in [0, 0.1) is 5.92 Å². The van der Waals surface area contributed by atoms with Gasteiger partial charge in [-0.1, -0.05) is 11.6 Å². The Bertz CT molecular complexity index is 1470. The maximum atomic E-state index is 12.2. The zero-order valence-corrected chi connectivity index (χ0v) is 22.1. The van der Waals surface area contributed by atoms with Gasteiger partial charge in [0.05, 0.1) is 28.1 Å². The standard InChI is InChI=1S/C28H28ClN5O2S/c29-16-7-20-19-6-15(19)12-33(17-10-28(32-11-17)4-1-5-28)26(20)21(8-16)25-27-22(30-14-31-25)9-18(37-27)13-34-23(35)2-3-24(34)36/h7-9,14-15,17,19,32H,1-6,10-13H2/t15-,17+,19-/m1/s1. The molecule has 2 aromatic heterocycles. The van der Waals surface area contributed by atoms with Gasteiger partial charge in [-0.15, -0.1) is 11.3 Å². The Morgan fingerprint density at radius 3 is 2.73 bits per heavy atom. The van der Waals surface area contributed by atoms with Gasteiger partial charge < -0.3 is 10.2 Å². The second kappa shape index (κ2) is 7.98. The van der Waals surface area contributed by atoms with Crippen LogP contribution in [0.1, 0.15) is 61.3 Å². The van der Waals surface area contributed by atoms with E-state index in [1.165, 1.54) is 48.3 Å². The Balaban J connectivity index is 1.23. The molecule has 9 heteroatoms. The number of nitrogens with zero attached hydrogens (tertiary/aromatic N) is 4. The van der Waals surface area contributed by atoms with Gasteiger partial charge in [0.15, 0.2) is 0 Å². The predicted octanol–water partition coefficient (Wildman–Crippen LogP) is 4.87. The summed E-state index contributed by atoms with van der Waals surface area (Å²) in [5.41, 5.74) is 5.83. The number of hydrogen-bond acceptors (Lipinski definition) is 7. The van der Waals surface area contributed by atoms with Crippen LogP contribution in [0.4, 0.5) is 5.69 Å². The van der Waals surface area contributed by atoms with Gasteiger partial charge in [-0.3, -0.25) is 14.5 Å². The first kappa shape index (κ1) is 22.4. The average molecular weight is 534 g/mol. The normalized spacial score (nSPS) is 27.6. The van der Waals surface area contributed by atoms with Crippen molar-refractivity contribution in [3.63, 3.8) is 0 Å². The van der Waals surface area contributed by atoms with Crippen molar-refractivity contribution in [2.24, 2.45) is 5.92 Å². The first-order valence-corrected chi connectivity index (χ1v) is 14.6. The van der Waals surface area contributed by atoms with Gasteiger partial charge >= 0.3 is 0 Å². The molecule has 0 bridgehead atoms. The highest BCUT2D eigenvalue weighted by Gasteiger charge is 2.51. The summed E-state index contributed by atoms with van der Waals surface area (Å²) >= 11 is 8.33. The smallest absolute Gasteiger partial charge is 0.230 e. The highest BCUT2D eigenvalue weighted by Crippen LogP contribution is 2.59. The summed E-state index contributed by atoms with van der Waals surface area (Å²) < 4.78 is 0.985. The number of benzene rings is 1. The van der Waals surface area contributed by atoms with E-state index in [4.69, 9.17) is 16.6 Å². The lowest BCUT2D eigenvalue weighted by Gasteiger charge is -2.41. The first-order chi connectivity index (χ1) is 18.0. The second-order valence-corrected chi connectivity index (χ2v) is 13.1. The molecule has 1 spiro atoms. The van der Waals surface area contributed by atoms with Crippen LogP contribution in [0.2, 0.25) is 5.02 Å². The molecular weight excluding hydrogens is 506 g/mol. The maximum absolute atomic E-state index is 12.2. The highest BCUT2D eigenvalue weighted by atomic mass is 35.5. The molecule has 2 aliphatic carbocycles. The molecule has 2 saturated carbocycles. The lowest BCUT2D eigenvalue weighted by molar-refractivity contribution is -0.138. The molecule has 5 aliphatic rings. The number of halogens is 1. The quantitative estimate of drug-likeness (QED) is 0.482. The molecule has 0 unspecified atom stereocenters. The number of rotatable bonds is 4. The van der Waals surface area contributed by atoms with E-state index >= 15 is 0 Å². The molecule has 1 aromatic carbocycles. The van der Waals surface area contributed by atoms with Gasteiger partial charge in [0.1, 0.15) is 6.33 Å². The van der Waals surface area contributed by atoms with Crippen molar-refractivity contribution in [2.45, 2.75) is 69.0 Å². The number of anilines is 1. The number of aromatic nitrogens is 2. The lowest BCUT2D eigenvalue weighted by atomic mass is 9.75. The molecule has 190 valence electrons. The van der Waals surface area contributed by atoms with Crippen LogP contribution in [0.3, 0.4) is 0 Å². The molecule has 4 fully saturated rings.